The monoisotopic (exact) mass is 330 g/mol. The van der Waals surface area contributed by atoms with Gasteiger partial charge in [0.05, 0.1) is 31.0 Å². The van der Waals surface area contributed by atoms with Crippen molar-refractivity contribution in [3.63, 3.8) is 0 Å². The molecular weight excluding hydrogens is 308 g/mol. The van der Waals surface area contributed by atoms with E-state index < -0.39 is 0 Å². The summed E-state index contributed by atoms with van der Waals surface area (Å²) in [4.78, 5) is 32.7. The van der Waals surface area contributed by atoms with E-state index in [-0.39, 0.29) is 17.7 Å². The second kappa shape index (κ2) is 6.39. The molecule has 1 aliphatic carbocycles. The summed E-state index contributed by atoms with van der Waals surface area (Å²) in [5, 5.41) is 2.84. The minimum atomic E-state index is -0.265. The number of pyridine rings is 1. The molecule has 7 heteroatoms. The Balaban J connectivity index is 1.34. The van der Waals surface area contributed by atoms with Crippen LogP contribution in [-0.4, -0.2) is 60.6 Å². The molecule has 3 aliphatic rings. The summed E-state index contributed by atoms with van der Waals surface area (Å²) < 4.78 is 5.34. The first kappa shape index (κ1) is 15.4. The molecule has 1 aromatic rings. The van der Waals surface area contributed by atoms with Crippen molar-refractivity contribution in [3.05, 3.63) is 18.3 Å². The fourth-order valence-electron chi connectivity index (χ4n) is 3.34. The Morgan fingerprint density at radius 2 is 2.04 bits per heavy atom. The highest BCUT2D eigenvalue weighted by atomic mass is 16.5. The fourth-order valence-corrected chi connectivity index (χ4v) is 3.34. The molecule has 2 amide bonds. The molecule has 4 rings (SSSR count). The summed E-state index contributed by atoms with van der Waals surface area (Å²) in [6.07, 6.45) is 4.24. The molecular formula is C17H22N4O3. The van der Waals surface area contributed by atoms with Gasteiger partial charge in [0.2, 0.25) is 11.8 Å². The molecule has 7 nitrogen and oxygen atoms in total. The largest absolute Gasteiger partial charge is 0.378 e. The van der Waals surface area contributed by atoms with Gasteiger partial charge in [-0.3, -0.25) is 9.59 Å². The normalized spacial score (nSPS) is 24.3. The van der Waals surface area contributed by atoms with Gasteiger partial charge < -0.3 is 19.9 Å². The van der Waals surface area contributed by atoms with Crippen molar-refractivity contribution in [1.29, 1.82) is 0 Å². The number of nitrogens with one attached hydrogen (secondary N) is 1. The van der Waals surface area contributed by atoms with Crippen LogP contribution in [0.3, 0.4) is 0 Å². The number of nitrogens with zero attached hydrogens (tertiary/aromatic N) is 3. The number of likely N-dealkylation sites (tertiary alicyclic amines) is 1. The zero-order valence-corrected chi connectivity index (χ0v) is 13.6. The average molecular weight is 330 g/mol. The zero-order valence-electron chi connectivity index (χ0n) is 13.6. The van der Waals surface area contributed by atoms with E-state index in [2.05, 4.69) is 15.2 Å². The highest BCUT2D eigenvalue weighted by Crippen LogP contribution is 2.32. The quantitative estimate of drug-likeness (QED) is 0.886. The average Bonchev–Trinajstić information content (AvgIpc) is 3.38. The Hall–Kier alpha value is -2.15. The summed E-state index contributed by atoms with van der Waals surface area (Å²) >= 11 is 0. The van der Waals surface area contributed by atoms with E-state index in [1.807, 2.05) is 17.0 Å². The van der Waals surface area contributed by atoms with Crippen molar-refractivity contribution in [2.45, 2.75) is 25.3 Å². The molecule has 2 aliphatic heterocycles. The topological polar surface area (TPSA) is 74.8 Å². The lowest BCUT2D eigenvalue weighted by atomic mass is 10.1. The van der Waals surface area contributed by atoms with Crippen molar-refractivity contribution in [1.82, 2.24) is 9.88 Å². The number of carbonyl (C=O) groups is 2. The van der Waals surface area contributed by atoms with E-state index in [1.165, 1.54) is 0 Å². The third-order valence-corrected chi connectivity index (χ3v) is 4.89. The number of amides is 2. The number of morpholine rings is 1. The van der Waals surface area contributed by atoms with Crippen molar-refractivity contribution in [2.75, 3.05) is 43.1 Å². The Morgan fingerprint density at radius 3 is 2.71 bits per heavy atom. The lowest BCUT2D eigenvalue weighted by Gasteiger charge is -2.28. The van der Waals surface area contributed by atoms with Gasteiger partial charge in [-0.2, -0.15) is 0 Å². The second-order valence-corrected chi connectivity index (χ2v) is 6.67. The van der Waals surface area contributed by atoms with Crippen molar-refractivity contribution in [2.24, 2.45) is 5.92 Å². The molecule has 3 heterocycles. The predicted molar refractivity (Wildman–Crippen MR) is 88.7 cm³/mol. The fraction of sp³-hybridized carbons (Fsp3) is 0.588. The van der Waals surface area contributed by atoms with Gasteiger partial charge in [0, 0.05) is 32.1 Å². The predicted octanol–water partition coefficient (Wildman–Crippen LogP) is 0.868. The van der Waals surface area contributed by atoms with Crippen LogP contribution in [0.2, 0.25) is 0 Å². The van der Waals surface area contributed by atoms with Gasteiger partial charge in [-0.1, -0.05) is 0 Å². The Labute approximate surface area is 141 Å². The molecule has 24 heavy (non-hydrogen) atoms. The van der Waals surface area contributed by atoms with Crippen LogP contribution in [-0.2, 0) is 14.3 Å². The first-order valence-corrected chi connectivity index (χ1v) is 8.60. The maximum Gasteiger partial charge on any atom is 0.230 e. The van der Waals surface area contributed by atoms with Crippen LogP contribution in [0.15, 0.2) is 18.3 Å². The van der Waals surface area contributed by atoms with E-state index in [9.17, 15) is 9.59 Å². The van der Waals surface area contributed by atoms with Crippen molar-refractivity contribution < 1.29 is 14.3 Å². The van der Waals surface area contributed by atoms with Crippen LogP contribution in [0.5, 0.6) is 0 Å². The number of hydrogen-bond donors (Lipinski definition) is 1. The molecule has 0 aromatic carbocycles. The summed E-state index contributed by atoms with van der Waals surface area (Å²) in [7, 11) is 0. The Morgan fingerprint density at radius 1 is 1.25 bits per heavy atom. The summed E-state index contributed by atoms with van der Waals surface area (Å²) in [5.74, 6) is 0.263. The third kappa shape index (κ3) is 3.21. The first-order valence-electron chi connectivity index (χ1n) is 8.60. The van der Waals surface area contributed by atoms with Gasteiger partial charge in [0.15, 0.2) is 0 Å². The standard InChI is InChI=1S/C17H22N4O3/c22-16-9-12(11-21(16)13-1-2-13)17(23)19-15-4-3-14(10-18-15)20-5-7-24-8-6-20/h3-4,10,12-13H,1-2,5-9,11H2,(H,18,19,23)/t12-/m0/s1. The lowest BCUT2D eigenvalue weighted by molar-refractivity contribution is -0.128. The second-order valence-electron chi connectivity index (χ2n) is 6.67. The number of anilines is 2. The molecule has 1 atom stereocenters. The lowest BCUT2D eigenvalue weighted by Crippen LogP contribution is -2.36. The summed E-state index contributed by atoms with van der Waals surface area (Å²) in [6, 6.07) is 4.16. The van der Waals surface area contributed by atoms with Gasteiger partial charge in [0.1, 0.15) is 5.82 Å². The SMILES string of the molecule is O=C(Nc1ccc(N2CCOCC2)cn1)[C@H]1CC(=O)N(C2CC2)C1. The van der Waals surface area contributed by atoms with E-state index in [1.54, 1.807) is 6.20 Å². The van der Waals surface area contributed by atoms with Crippen LogP contribution in [0, 0.1) is 5.92 Å². The summed E-state index contributed by atoms with van der Waals surface area (Å²) in [6.45, 7) is 3.71. The van der Waals surface area contributed by atoms with Crippen LogP contribution >= 0.6 is 0 Å². The van der Waals surface area contributed by atoms with Gasteiger partial charge in [-0.15, -0.1) is 0 Å². The molecule has 0 bridgehead atoms. The molecule has 1 saturated carbocycles. The Bertz CT molecular complexity index is 623. The van der Waals surface area contributed by atoms with E-state index in [0.717, 1.165) is 44.8 Å². The molecule has 0 spiro atoms. The minimum absolute atomic E-state index is 0.105. The smallest absolute Gasteiger partial charge is 0.230 e. The maximum absolute atomic E-state index is 12.4. The van der Waals surface area contributed by atoms with Gasteiger partial charge in [-0.05, 0) is 25.0 Å². The van der Waals surface area contributed by atoms with Crippen molar-refractivity contribution in [3.8, 4) is 0 Å². The number of aromatic nitrogens is 1. The minimum Gasteiger partial charge on any atom is -0.378 e. The zero-order chi connectivity index (χ0) is 16.5. The molecule has 128 valence electrons. The van der Waals surface area contributed by atoms with Crippen molar-refractivity contribution >= 4 is 23.3 Å². The summed E-state index contributed by atoms with van der Waals surface area (Å²) in [5.41, 5.74) is 1.03. The number of hydrogen-bond acceptors (Lipinski definition) is 5. The molecule has 1 aromatic heterocycles. The highest BCUT2D eigenvalue weighted by Gasteiger charge is 2.41. The number of carbonyl (C=O) groups excluding carboxylic acids is 2. The molecule has 1 N–H and O–H groups in total. The highest BCUT2D eigenvalue weighted by molar-refractivity contribution is 5.96. The first-order chi connectivity index (χ1) is 11.7. The van der Waals surface area contributed by atoms with Gasteiger partial charge >= 0.3 is 0 Å². The third-order valence-electron chi connectivity index (χ3n) is 4.89. The van der Waals surface area contributed by atoms with Crippen LogP contribution < -0.4 is 10.2 Å². The van der Waals surface area contributed by atoms with Crippen LogP contribution in [0.1, 0.15) is 19.3 Å². The van der Waals surface area contributed by atoms with Crippen LogP contribution in [0.4, 0.5) is 11.5 Å². The van der Waals surface area contributed by atoms with E-state index >= 15 is 0 Å². The van der Waals surface area contributed by atoms with E-state index in [0.29, 0.717) is 24.8 Å². The maximum atomic E-state index is 12.4. The Kier molecular flexibility index (Phi) is 4.10. The molecule has 3 fully saturated rings. The molecule has 0 radical (unpaired) electrons. The van der Waals surface area contributed by atoms with E-state index in [4.69, 9.17) is 4.74 Å². The van der Waals surface area contributed by atoms with Gasteiger partial charge in [0.25, 0.3) is 0 Å². The molecule has 0 unspecified atom stereocenters. The number of rotatable bonds is 4. The number of ether oxygens (including phenoxy) is 1. The molecule has 2 saturated heterocycles. The van der Waals surface area contributed by atoms with Gasteiger partial charge in [-0.25, -0.2) is 4.98 Å². The van der Waals surface area contributed by atoms with Crippen LogP contribution in [0.25, 0.3) is 0 Å².